The number of nitrogens with one attached hydrogen (secondary N) is 1. The van der Waals surface area contributed by atoms with Crippen LogP contribution < -0.4 is 5.32 Å². The summed E-state index contributed by atoms with van der Waals surface area (Å²) in [6.07, 6.45) is 4.57. The SMILES string of the molecule is CCCCC(CC)C(=O)Nc1sc2c(c1C(=O)OCC)CCN(Cc1ccccc1)C2. The highest BCUT2D eigenvalue weighted by Gasteiger charge is 2.30. The number of carbonyl (C=O) groups is 2. The number of rotatable bonds is 10. The molecule has 0 bridgehead atoms. The second kappa shape index (κ2) is 11.4. The molecule has 6 heteroatoms. The van der Waals surface area contributed by atoms with Gasteiger partial charge in [0.1, 0.15) is 5.00 Å². The van der Waals surface area contributed by atoms with Gasteiger partial charge in [0.25, 0.3) is 0 Å². The number of ether oxygens (including phenoxy) is 1. The Morgan fingerprint density at radius 1 is 1.19 bits per heavy atom. The van der Waals surface area contributed by atoms with Gasteiger partial charge in [0.05, 0.1) is 12.2 Å². The molecule has 1 aromatic heterocycles. The molecule has 0 spiro atoms. The first-order valence-corrected chi connectivity index (χ1v) is 12.3. The zero-order valence-corrected chi connectivity index (χ0v) is 19.7. The van der Waals surface area contributed by atoms with Crippen LogP contribution in [0.2, 0.25) is 0 Å². The van der Waals surface area contributed by atoms with Crippen molar-refractivity contribution < 1.29 is 14.3 Å². The Hall–Kier alpha value is -2.18. The molecule has 0 radical (unpaired) electrons. The van der Waals surface area contributed by atoms with E-state index >= 15 is 0 Å². The van der Waals surface area contributed by atoms with Crippen LogP contribution in [0.1, 0.15) is 72.8 Å². The van der Waals surface area contributed by atoms with Crippen molar-refractivity contribution in [3.63, 3.8) is 0 Å². The molecule has 1 aromatic carbocycles. The standard InChI is InChI=1S/C25H34N2O3S/c1-4-7-13-19(5-2)23(28)26-24-22(25(29)30-6-3)20-14-15-27(17-21(20)31-24)16-18-11-9-8-10-12-18/h8-12,19H,4-7,13-17H2,1-3H3,(H,26,28). The van der Waals surface area contributed by atoms with E-state index < -0.39 is 0 Å². The molecule has 1 unspecified atom stereocenters. The van der Waals surface area contributed by atoms with E-state index in [1.54, 1.807) is 0 Å². The fraction of sp³-hybridized carbons (Fsp3) is 0.520. The maximum absolute atomic E-state index is 12.9. The van der Waals surface area contributed by atoms with Crippen LogP contribution in [-0.2, 0) is 29.0 Å². The molecule has 0 saturated carbocycles. The summed E-state index contributed by atoms with van der Waals surface area (Å²) in [5, 5.41) is 3.75. The van der Waals surface area contributed by atoms with Crippen LogP contribution in [0.3, 0.4) is 0 Å². The summed E-state index contributed by atoms with van der Waals surface area (Å²) >= 11 is 1.54. The van der Waals surface area contributed by atoms with Gasteiger partial charge in [-0.2, -0.15) is 0 Å². The number of hydrogen-bond acceptors (Lipinski definition) is 5. The molecule has 1 amide bonds. The normalized spacial score (nSPS) is 14.7. The zero-order valence-electron chi connectivity index (χ0n) is 18.9. The highest BCUT2D eigenvalue weighted by Crippen LogP contribution is 2.38. The van der Waals surface area contributed by atoms with Gasteiger partial charge in [-0.1, -0.05) is 57.0 Å². The van der Waals surface area contributed by atoms with Crippen LogP contribution in [0.15, 0.2) is 30.3 Å². The van der Waals surface area contributed by atoms with Crippen LogP contribution in [0.5, 0.6) is 0 Å². The van der Waals surface area contributed by atoms with Crippen molar-refractivity contribution >= 4 is 28.2 Å². The molecule has 0 saturated heterocycles. The average Bonchev–Trinajstić information content (AvgIpc) is 3.12. The van der Waals surface area contributed by atoms with Gasteiger partial charge in [-0.15, -0.1) is 11.3 Å². The van der Waals surface area contributed by atoms with Crippen LogP contribution in [0, 0.1) is 5.92 Å². The molecule has 31 heavy (non-hydrogen) atoms. The van der Waals surface area contributed by atoms with Crippen molar-refractivity contribution in [2.45, 2.75) is 66.0 Å². The Labute approximate surface area is 189 Å². The lowest BCUT2D eigenvalue weighted by Crippen LogP contribution is -2.30. The summed E-state index contributed by atoms with van der Waals surface area (Å²) in [6.45, 7) is 8.87. The molecule has 0 fully saturated rings. The number of unbranched alkanes of at least 4 members (excludes halogenated alkanes) is 1. The van der Waals surface area contributed by atoms with E-state index in [0.717, 1.165) is 62.2 Å². The van der Waals surface area contributed by atoms with Crippen molar-refractivity contribution in [1.29, 1.82) is 0 Å². The number of amides is 1. The number of anilines is 1. The number of esters is 1. The first-order chi connectivity index (χ1) is 15.1. The molecular formula is C25H34N2O3S. The molecule has 1 aliphatic rings. The molecule has 1 N–H and O–H groups in total. The van der Waals surface area contributed by atoms with Gasteiger partial charge in [-0.25, -0.2) is 4.79 Å². The molecule has 3 rings (SSSR count). The Bertz CT molecular complexity index is 878. The highest BCUT2D eigenvalue weighted by atomic mass is 32.1. The van der Waals surface area contributed by atoms with Crippen molar-refractivity contribution in [2.75, 3.05) is 18.5 Å². The van der Waals surface area contributed by atoms with E-state index in [1.807, 2.05) is 19.9 Å². The Kier molecular flexibility index (Phi) is 8.67. The third-order valence-corrected chi connectivity index (χ3v) is 7.00. The number of nitrogens with zero attached hydrogens (tertiary/aromatic N) is 1. The molecule has 2 aromatic rings. The molecule has 1 atom stereocenters. The maximum Gasteiger partial charge on any atom is 0.341 e. The van der Waals surface area contributed by atoms with Gasteiger partial charge in [0.15, 0.2) is 0 Å². The van der Waals surface area contributed by atoms with Gasteiger partial charge >= 0.3 is 5.97 Å². The van der Waals surface area contributed by atoms with Crippen molar-refractivity contribution in [3.05, 3.63) is 51.9 Å². The topological polar surface area (TPSA) is 58.6 Å². The van der Waals surface area contributed by atoms with Crippen LogP contribution in [0.25, 0.3) is 0 Å². The van der Waals surface area contributed by atoms with Crippen LogP contribution in [-0.4, -0.2) is 29.9 Å². The van der Waals surface area contributed by atoms with E-state index in [-0.39, 0.29) is 17.8 Å². The molecule has 2 heterocycles. The maximum atomic E-state index is 12.9. The summed E-state index contributed by atoms with van der Waals surface area (Å²) in [5.41, 5.74) is 2.90. The van der Waals surface area contributed by atoms with E-state index in [9.17, 15) is 9.59 Å². The largest absolute Gasteiger partial charge is 0.462 e. The second-order valence-electron chi connectivity index (χ2n) is 8.11. The predicted molar refractivity (Wildman–Crippen MR) is 126 cm³/mol. The van der Waals surface area contributed by atoms with Crippen LogP contribution >= 0.6 is 11.3 Å². The highest BCUT2D eigenvalue weighted by molar-refractivity contribution is 7.17. The lowest BCUT2D eigenvalue weighted by Gasteiger charge is -2.27. The van der Waals surface area contributed by atoms with Gasteiger partial charge in [-0.3, -0.25) is 9.69 Å². The first-order valence-electron chi connectivity index (χ1n) is 11.5. The Morgan fingerprint density at radius 3 is 2.65 bits per heavy atom. The smallest absolute Gasteiger partial charge is 0.341 e. The molecule has 0 aliphatic carbocycles. The molecular weight excluding hydrogens is 408 g/mol. The molecule has 1 aliphatic heterocycles. The number of thiophene rings is 1. The first kappa shape index (κ1) is 23.5. The van der Waals surface area contributed by atoms with Gasteiger partial charge in [0.2, 0.25) is 5.91 Å². The van der Waals surface area contributed by atoms with Gasteiger partial charge in [-0.05, 0) is 37.3 Å². The van der Waals surface area contributed by atoms with E-state index in [0.29, 0.717) is 17.2 Å². The van der Waals surface area contributed by atoms with E-state index in [1.165, 1.54) is 16.9 Å². The van der Waals surface area contributed by atoms with Gasteiger partial charge in [0, 0.05) is 30.4 Å². The minimum Gasteiger partial charge on any atom is -0.462 e. The monoisotopic (exact) mass is 442 g/mol. The minimum absolute atomic E-state index is 0.0150. The fourth-order valence-corrected chi connectivity index (χ4v) is 5.41. The van der Waals surface area contributed by atoms with E-state index in [2.05, 4.69) is 41.4 Å². The fourth-order valence-electron chi connectivity index (χ4n) is 4.13. The lowest BCUT2D eigenvalue weighted by molar-refractivity contribution is -0.120. The second-order valence-corrected chi connectivity index (χ2v) is 9.22. The number of fused-ring (bicyclic) bond motifs is 1. The third-order valence-electron chi connectivity index (χ3n) is 5.87. The van der Waals surface area contributed by atoms with Crippen molar-refractivity contribution in [1.82, 2.24) is 4.90 Å². The Balaban J connectivity index is 1.81. The van der Waals surface area contributed by atoms with Crippen LogP contribution in [0.4, 0.5) is 5.00 Å². The number of hydrogen-bond donors (Lipinski definition) is 1. The number of benzene rings is 1. The third kappa shape index (κ3) is 5.95. The summed E-state index contributed by atoms with van der Waals surface area (Å²) in [6, 6.07) is 10.4. The molecule has 5 nitrogen and oxygen atoms in total. The quantitative estimate of drug-likeness (QED) is 0.484. The minimum atomic E-state index is -0.326. The molecule has 168 valence electrons. The zero-order chi connectivity index (χ0) is 22.2. The van der Waals surface area contributed by atoms with E-state index in [4.69, 9.17) is 4.74 Å². The van der Waals surface area contributed by atoms with Crippen molar-refractivity contribution in [3.8, 4) is 0 Å². The number of carbonyl (C=O) groups excluding carboxylic acids is 2. The summed E-state index contributed by atoms with van der Waals surface area (Å²) in [5.74, 6) is -0.335. The summed E-state index contributed by atoms with van der Waals surface area (Å²) < 4.78 is 5.35. The summed E-state index contributed by atoms with van der Waals surface area (Å²) in [7, 11) is 0. The lowest BCUT2D eigenvalue weighted by atomic mass is 9.98. The predicted octanol–water partition coefficient (Wildman–Crippen LogP) is 5.64. The van der Waals surface area contributed by atoms with Gasteiger partial charge < -0.3 is 10.1 Å². The van der Waals surface area contributed by atoms with Crippen molar-refractivity contribution in [2.24, 2.45) is 5.92 Å². The Morgan fingerprint density at radius 2 is 1.97 bits per heavy atom. The average molecular weight is 443 g/mol. The summed E-state index contributed by atoms with van der Waals surface area (Å²) in [4.78, 5) is 29.3.